The number of aromatic amines is 1. The number of para-hydroxylation sites is 4. The Hall–Kier alpha value is -4.33. The van der Waals surface area contributed by atoms with Gasteiger partial charge in [-0.05, 0) is 30.3 Å². The van der Waals surface area contributed by atoms with Crippen molar-refractivity contribution in [2.24, 2.45) is 0 Å². The summed E-state index contributed by atoms with van der Waals surface area (Å²) in [5, 5.41) is 10.6. The second kappa shape index (κ2) is 5.59. The predicted octanol–water partition coefficient (Wildman–Crippen LogP) is 3.43. The number of benzene rings is 3. The first-order valence-electron chi connectivity index (χ1n) is 9.00. The second-order valence-electron chi connectivity index (χ2n) is 6.80. The first-order chi connectivity index (χ1) is 14.2. The molecule has 3 heterocycles. The number of aromatic nitrogens is 6. The minimum atomic E-state index is 0.209. The van der Waals surface area contributed by atoms with E-state index in [2.05, 4.69) is 19.9 Å². The fraction of sp³-hybridized carbons (Fsp3) is 0. The van der Waals surface area contributed by atoms with Crippen molar-refractivity contribution in [1.29, 1.82) is 0 Å². The van der Waals surface area contributed by atoms with Crippen LogP contribution in [0.2, 0.25) is 0 Å². The van der Waals surface area contributed by atoms with E-state index in [0.29, 0.717) is 26.5 Å². The Morgan fingerprint density at radius 2 is 1.59 bits per heavy atom. The largest absolute Gasteiger partial charge is 0.427 e. The first kappa shape index (κ1) is 15.7. The van der Waals surface area contributed by atoms with Gasteiger partial charge in [0.2, 0.25) is 0 Å². The summed E-state index contributed by atoms with van der Waals surface area (Å²) in [5.41, 5.74) is 5.59. The smallest absolute Gasteiger partial charge is 0.289 e. The maximum atomic E-state index is 12.4. The lowest BCUT2D eigenvalue weighted by atomic mass is 10.2. The molecule has 0 amide bonds. The molecule has 0 aliphatic carbocycles. The Kier molecular flexibility index (Phi) is 3.02. The van der Waals surface area contributed by atoms with Crippen molar-refractivity contribution in [3.8, 4) is 11.5 Å². The van der Waals surface area contributed by atoms with E-state index < -0.39 is 0 Å². The highest BCUT2D eigenvalue weighted by Gasteiger charge is 2.20. The minimum Gasteiger partial charge on any atom is -0.427 e. The van der Waals surface area contributed by atoms with E-state index in [1.807, 2.05) is 36.4 Å². The molecule has 0 saturated heterocycles. The lowest BCUT2D eigenvalue weighted by molar-refractivity contribution is -0.464. The number of H-pyrrole nitrogens is 1. The summed E-state index contributed by atoms with van der Waals surface area (Å²) >= 11 is 0. The van der Waals surface area contributed by atoms with Crippen LogP contribution in [-0.2, 0) is 0 Å². The summed E-state index contributed by atoms with van der Waals surface area (Å²) in [6.07, 6.45) is 1.27. The molecule has 0 unspecified atom stereocenters. The van der Waals surface area contributed by atoms with Gasteiger partial charge in [-0.15, -0.1) is 0 Å². The molecule has 8 nitrogen and oxygen atoms in total. The van der Waals surface area contributed by atoms with Gasteiger partial charge in [0.15, 0.2) is 17.0 Å². The number of imidazole rings is 1. The first-order valence-corrected chi connectivity index (χ1v) is 9.00. The summed E-state index contributed by atoms with van der Waals surface area (Å²) in [7, 11) is 0. The van der Waals surface area contributed by atoms with Crippen LogP contribution in [0.4, 0.5) is 0 Å². The average molecular weight is 381 g/mol. The van der Waals surface area contributed by atoms with E-state index in [-0.39, 0.29) is 11.5 Å². The molecule has 0 atom stereocenters. The Balaban J connectivity index is 1.62. The molecule has 6 aromatic rings. The van der Waals surface area contributed by atoms with Crippen LogP contribution in [0.5, 0.6) is 0 Å². The zero-order valence-corrected chi connectivity index (χ0v) is 14.9. The zero-order valence-electron chi connectivity index (χ0n) is 14.9. The number of nitrogens with zero attached hydrogens (tertiary/aromatic N) is 5. The van der Waals surface area contributed by atoms with Gasteiger partial charge < -0.3 is 10.2 Å². The van der Waals surface area contributed by atoms with Crippen molar-refractivity contribution < 1.29 is 9.63 Å². The Morgan fingerprint density at radius 1 is 0.828 bits per heavy atom. The maximum Gasteiger partial charge on any atom is 0.289 e. The van der Waals surface area contributed by atoms with Crippen LogP contribution in [-0.4, -0.2) is 29.9 Å². The van der Waals surface area contributed by atoms with Crippen LogP contribution in [0, 0.1) is 4.91 Å². The van der Waals surface area contributed by atoms with Gasteiger partial charge in [-0.1, -0.05) is 24.3 Å². The fourth-order valence-corrected chi connectivity index (χ4v) is 3.60. The number of rotatable bonds is 1. The van der Waals surface area contributed by atoms with Crippen LogP contribution in [0.25, 0.3) is 55.7 Å². The van der Waals surface area contributed by atoms with Gasteiger partial charge in [0.25, 0.3) is 11.7 Å². The molecule has 0 bridgehead atoms. The third-order valence-electron chi connectivity index (χ3n) is 5.00. The monoisotopic (exact) mass is 381 g/mol. The van der Waals surface area contributed by atoms with Crippen molar-refractivity contribution in [3.63, 3.8) is 0 Å². The van der Waals surface area contributed by atoms with Crippen molar-refractivity contribution in [1.82, 2.24) is 24.7 Å². The molecule has 6 rings (SSSR count). The third-order valence-corrected chi connectivity index (χ3v) is 5.00. The van der Waals surface area contributed by atoms with Gasteiger partial charge in [-0.2, -0.15) is 4.73 Å². The van der Waals surface area contributed by atoms with Crippen molar-refractivity contribution in [2.45, 2.75) is 0 Å². The highest BCUT2D eigenvalue weighted by molar-refractivity contribution is 5.95. The molecule has 138 valence electrons. The predicted molar refractivity (Wildman–Crippen MR) is 108 cm³/mol. The molecule has 3 aromatic carbocycles. The summed E-state index contributed by atoms with van der Waals surface area (Å²) in [4.78, 5) is 29.5. The lowest BCUT2D eigenvalue weighted by Gasteiger charge is -2.02. The van der Waals surface area contributed by atoms with Crippen LogP contribution >= 0.6 is 0 Å². The molecule has 29 heavy (non-hydrogen) atoms. The van der Waals surface area contributed by atoms with Crippen LogP contribution in [0.3, 0.4) is 0 Å². The number of nitrogens with one attached hydrogen (secondary N) is 1. The Bertz CT molecular complexity index is 1580. The molecule has 0 saturated carbocycles. The standard InChI is InChI=1S/C21H13N6O2/c28-26-11-20(27(29)19-8-4-3-7-18(19)26)21-24-16-9-14-15(10-17(16)25-21)23-13-6-2-1-5-12(13)22-14/h1-11,22,29H/q+1. The van der Waals surface area contributed by atoms with E-state index in [1.165, 1.54) is 6.20 Å². The van der Waals surface area contributed by atoms with Crippen molar-refractivity contribution in [2.75, 3.05) is 0 Å². The van der Waals surface area contributed by atoms with Crippen molar-refractivity contribution >= 4 is 44.1 Å². The molecule has 2 N–H and O–H groups in total. The van der Waals surface area contributed by atoms with E-state index in [0.717, 1.165) is 26.8 Å². The van der Waals surface area contributed by atoms with Gasteiger partial charge in [0, 0.05) is 11.0 Å². The van der Waals surface area contributed by atoms with E-state index in [1.54, 1.807) is 24.3 Å². The summed E-state index contributed by atoms with van der Waals surface area (Å²) < 4.78 is 1.65. The number of fused-ring (bicyclic) bond motifs is 4. The molecule has 3 aromatic heterocycles. The van der Waals surface area contributed by atoms with Gasteiger partial charge in [0.05, 0.1) is 37.5 Å². The fourth-order valence-electron chi connectivity index (χ4n) is 3.60. The molecular formula is C21H13N6O2+. The van der Waals surface area contributed by atoms with Gasteiger partial charge in [-0.25, -0.2) is 15.0 Å². The number of hydrogen-bond donors (Lipinski definition) is 2. The topological polar surface area (TPSA) is 103 Å². The molecule has 0 aliphatic rings. The maximum absolute atomic E-state index is 12.4. The van der Waals surface area contributed by atoms with E-state index >= 15 is 0 Å². The second-order valence-corrected chi connectivity index (χ2v) is 6.80. The SMILES string of the molecule is O=[n+]1cc(-c2nc3cc4nc5ccccc5[nH]c4cc3n2)n(O)c2ccccc21. The minimum absolute atomic E-state index is 0.209. The highest BCUT2D eigenvalue weighted by atomic mass is 16.5. The van der Waals surface area contributed by atoms with Crippen LogP contribution in [0.15, 0.2) is 66.9 Å². The van der Waals surface area contributed by atoms with E-state index in [9.17, 15) is 10.1 Å². The van der Waals surface area contributed by atoms with Crippen molar-refractivity contribution in [3.05, 3.63) is 71.8 Å². The normalized spacial score (nSPS) is 11.7. The molecule has 0 aliphatic heterocycles. The average Bonchev–Trinajstić information content (AvgIpc) is 3.15. The summed E-state index contributed by atoms with van der Waals surface area (Å²) in [6.45, 7) is 0. The quantitative estimate of drug-likeness (QED) is 0.258. The zero-order chi connectivity index (χ0) is 19.5. The Morgan fingerprint density at radius 3 is 2.48 bits per heavy atom. The van der Waals surface area contributed by atoms with Gasteiger partial charge in [-0.3, -0.25) is 0 Å². The number of hydrogen-bond acceptors (Lipinski definition) is 5. The van der Waals surface area contributed by atoms with Crippen LogP contribution in [0.1, 0.15) is 0 Å². The molecular weight excluding hydrogens is 368 g/mol. The third kappa shape index (κ3) is 2.29. The molecule has 0 fully saturated rings. The summed E-state index contributed by atoms with van der Waals surface area (Å²) in [5.74, 6) is 0.262. The molecule has 8 heteroatoms. The Labute approximate surface area is 162 Å². The van der Waals surface area contributed by atoms with Crippen LogP contribution < -0.4 is 4.43 Å². The molecule has 0 radical (unpaired) electrons. The van der Waals surface area contributed by atoms with E-state index in [4.69, 9.17) is 0 Å². The molecule has 0 spiro atoms. The van der Waals surface area contributed by atoms with Gasteiger partial charge >= 0.3 is 0 Å². The lowest BCUT2D eigenvalue weighted by Crippen LogP contribution is -2.19. The van der Waals surface area contributed by atoms with Gasteiger partial charge in [0.1, 0.15) is 0 Å². The summed E-state index contributed by atoms with van der Waals surface area (Å²) in [6, 6.07) is 18.3. The highest BCUT2D eigenvalue weighted by Crippen LogP contribution is 2.25.